The van der Waals surface area contributed by atoms with Gasteiger partial charge in [0.1, 0.15) is 0 Å². The van der Waals surface area contributed by atoms with Crippen molar-refractivity contribution in [1.82, 2.24) is 0 Å². The summed E-state index contributed by atoms with van der Waals surface area (Å²) in [7, 11) is -2.36. The highest BCUT2D eigenvalue weighted by atomic mass is 35.5. The number of hydrogen-bond donors (Lipinski definition) is 3. The molecule has 6 nitrogen and oxygen atoms in total. The van der Waals surface area contributed by atoms with E-state index in [2.05, 4.69) is 12.2 Å². The first-order valence-corrected chi connectivity index (χ1v) is 11.7. The molecule has 8 heteroatoms. The van der Waals surface area contributed by atoms with Crippen LogP contribution in [0.15, 0.2) is 65.6 Å². The van der Waals surface area contributed by atoms with Crippen molar-refractivity contribution in [3.05, 3.63) is 82.4 Å². The quantitative estimate of drug-likeness (QED) is 0.528. The summed E-state index contributed by atoms with van der Waals surface area (Å²) >= 11 is 6.07. The maximum atomic E-state index is 12.0. The van der Waals surface area contributed by atoms with Gasteiger partial charge in [-0.25, -0.2) is 13.6 Å². The van der Waals surface area contributed by atoms with Crippen molar-refractivity contribution >= 4 is 27.3 Å². The normalized spacial score (nSPS) is 20.6. The summed E-state index contributed by atoms with van der Waals surface area (Å²) in [5.41, 5.74) is 3.60. The Bertz CT molecular complexity index is 1230. The van der Waals surface area contributed by atoms with E-state index in [4.69, 9.17) is 21.5 Å². The molecule has 3 aromatic carbocycles. The van der Waals surface area contributed by atoms with E-state index in [1.54, 1.807) is 24.3 Å². The second-order valence-corrected chi connectivity index (χ2v) is 9.73. The predicted molar refractivity (Wildman–Crippen MR) is 121 cm³/mol. The average Bonchev–Trinajstić information content (AvgIpc) is 2.73. The van der Waals surface area contributed by atoms with Crippen molar-refractivity contribution in [2.75, 3.05) is 12.4 Å². The Morgan fingerprint density at radius 1 is 1.03 bits per heavy atom. The van der Waals surface area contributed by atoms with Gasteiger partial charge in [0.15, 0.2) is 11.5 Å². The summed E-state index contributed by atoms with van der Waals surface area (Å²) in [4.78, 5) is 0.0564. The number of anilines is 1. The maximum absolute atomic E-state index is 12.0. The van der Waals surface area contributed by atoms with E-state index in [1.165, 1.54) is 13.2 Å². The molecule has 31 heavy (non-hydrogen) atoms. The molecule has 0 saturated carbocycles. The third-order valence-electron chi connectivity index (χ3n) is 5.84. The third-order valence-corrected chi connectivity index (χ3v) is 7.00. The standard InChI is InChI=1S/C23H23ClN2O4S/c1-13-22(15-5-10-20(27)21(11-15)30-2)18-12-17(31(25,28)29)8-9-19(18)26-23(13)14-3-6-16(24)7-4-14/h3-13,22-23,26-27H,1-2H3,(H2,25,28,29)/t13-,22+,23-/m0/s1. The Kier molecular flexibility index (Phi) is 5.60. The summed E-state index contributed by atoms with van der Waals surface area (Å²) in [5.74, 6) is 0.253. The Hall–Kier alpha value is -2.74. The van der Waals surface area contributed by atoms with E-state index in [1.807, 2.05) is 30.3 Å². The number of phenols is 1. The zero-order valence-corrected chi connectivity index (χ0v) is 18.6. The zero-order chi connectivity index (χ0) is 22.3. The minimum atomic E-state index is -3.86. The first-order valence-electron chi connectivity index (χ1n) is 9.74. The van der Waals surface area contributed by atoms with Crippen molar-refractivity contribution in [2.24, 2.45) is 11.1 Å². The number of ether oxygens (including phenoxy) is 1. The van der Waals surface area contributed by atoms with E-state index in [0.29, 0.717) is 10.8 Å². The molecule has 0 aliphatic carbocycles. The fraction of sp³-hybridized carbons (Fsp3) is 0.217. The summed E-state index contributed by atoms with van der Waals surface area (Å²) in [6.07, 6.45) is 0. The molecule has 1 aliphatic rings. The van der Waals surface area contributed by atoms with Crippen LogP contribution in [0.4, 0.5) is 5.69 Å². The number of aromatic hydroxyl groups is 1. The number of methoxy groups -OCH3 is 1. The van der Waals surface area contributed by atoms with Crippen molar-refractivity contribution in [3.8, 4) is 11.5 Å². The molecule has 3 aromatic rings. The molecule has 1 aliphatic heterocycles. The number of fused-ring (bicyclic) bond motifs is 1. The van der Waals surface area contributed by atoms with Gasteiger partial charge >= 0.3 is 0 Å². The molecule has 0 amide bonds. The van der Waals surface area contributed by atoms with Gasteiger partial charge in [-0.1, -0.05) is 36.7 Å². The van der Waals surface area contributed by atoms with E-state index in [0.717, 1.165) is 22.4 Å². The summed E-state index contributed by atoms with van der Waals surface area (Å²) < 4.78 is 29.3. The van der Waals surface area contributed by atoms with Crippen LogP contribution in [0.25, 0.3) is 0 Å². The minimum Gasteiger partial charge on any atom is -0.504 e. The lowest BCUT2D eigenvalue weighted by Crippen LogP contribution is -2.31. The lowest BCUT2D eigenvalue weighted by atomic mass is 9.73. The molecule has 4 rings (SSSR count). The maximum Gasteiger partial charge on any atom is 0.238 e. The van der Waals surface area contributed by atoms with Crippen LogP contribution in [0, 0.1) is 5.92 Å². The van der Waals surface area contributed by atoms with Crippen molar-refractivity contribution in [2.45, 2.75) is 23.8 Å². The van der Waals surface area contributed by atoms with Gasteiger partial charge in [-0.3, -0.25) is 0 Å². The number of phenolic OH excluding ortho intramolecular Hbond substituents is 1. The number of rotatable bonds is 4. The van der Waals surface area contributed by atoms with E-state index in [-0.39, 0.29) is 28.5 Å². The molecule has 0 unspecified atom stereocenters. The Morgan fingerprint density at radius 2 is 1.71 bits per heavy atom. The highest BCUT2D eigenvalue weighted by Crippen LogP contribution is 2.49. The molecule has 1 heterocycles. The van der Waals surface area contributed by atoms with Gasteiger partial charge < -0.3 is 15.2 Å². The second kappa shape index (κ2) is 8.07. The number of benzene rings is 3. The molecule has 0 aromatic heterocycles. The van der Waals surface area contributed by atoms with Crippen LogP contribution in [-0.2, 0) is 10.0 Å². The van der Waals surface area contributed by atoms with Crippen LogP contribution in [0.5, 0.6) is 11.5 Å². The summed E-state index contributed by atoms with van der Waals surface area (Å²) in [6.45, 7) is 2.10. The monoisotopic (exact) mass is 458 g/mol. The first kappa shape index (κ1) is 21.5. The average molecular weight is 459 g/mol. The van der Waals surface area contributed by atoms with Crippen LogP contribution in [-0.4, -0.2) is 20.6 Å². The predicted octanol–water partition coefficient (Wildman–Crippen LogP) is 4.64. The number of hydrogen-bond acceptors (Lipinski definition) is 5. The van der Waals surface area contributed by atoms with Crippen LogP contribution in [0.1, 0.15) is 35.6 Å². The van der Waals surface area contributed by atoms with Gasteiger partial charge in [-0.2, -0.15) is 0 Å². The third kappa shape index (κ3) is 4.08. The van der Waals surface area contributed by atoms with E-state index < -0.39 is 10.0 Å². The second-order valence-electron chi connectivity index (χ2n) is 7.74. The smallest absolute Gasteiger partial charge is 0.238 e. The molecular weight excluding hydrogens is 436 g/mol. The van der Waals surface area contributed by atoms with Crippen molar-refractivity contribution < 1.29 is 18.3 Å². The summed E-state index contributed by atoms with van der Waals surface area (Å²) in [5, 5.41) is 19.6. The van der Waals surface area contributed by atoms with Gasteiger partial charge in [-0.15, -0.1) is 0 Å². The molecule has 162 valence electrons. The van der Waals surface area contributed by atoms with Gasteiger partial charge in [0.2, 0.25) is 10.0 Å². The molecule has 0 bridgehead atoms. The van der Waals surface area contributed by atoms with Crippen molar-refractivity contribution in [1.29, 1.82) is 0 Å². The SMILES string of the molecule is COc1cc([C@@H]2c3cc(S(N)(=O)=O)ccc3N[C@H](c3ccc(Cl)cc3)[C@H]2C)ccc1O. The molecule has 0 spiro atoms. The van der Waals surface area contributed by atoms with Gasteiger partial charge in [0.25, 0.3) is 0 Å². The minimum absolute atomic E-state index is 0.0265. The Balaban J connectivity index is 1.90. The number of sulfonamides is 1. The Labute approximate surface area is 186 Å². The molecule has 3 atom stereocenters. The number of nitrogens with one attached hydrogen (secondary N) is 1. The highest BCUT2D eigenvalue weighted by molar-refractivity contribution is 7.89. The van der Waals surface area contributed by atoms with Crippen LogP contribution >= 0.6 is 11.6 Å². The number of primary sulfonamides is 1. The largest absolute Gasteiger partial charge is 0.504 e. The topological polar surface area (TPSA) is 102 Å². The fourth-order valence-corrected chi connectivity index (χ4v) is 4.98. The lowest BCUT2D eigenvalue weighted by molar-refractivity contribution is 0.370. The molecular formula is C23H23ClN2O4S. The van der Waals surface area contributed by atoms with Gasteiger partial charge in [0.05, 0.1) is 18.0 Å². The molecule has 0 saturated heterocycles. The summed E-state index contributed by atoms with van der Waals surface area (Å²) in [6, 6.07) is 17.7. The van der Waals surface area contributed by atoms with Crippen LogP contribution in [0.2, 0.25) is 5.02 Å². The zero-order valence-electron chi connectivity index (χ0n) is 17.0. The lowest BCUT2D eigenvalue weighted by Gasteiger charge is -2.40. The Morgan fingerprint density at radius 3 is 2.35 bits per heavy atom. The van der Waals surface area contributed by atoms with E-state index in [9.17, 15) is 13.5 Å². The van der Waals surface area contributed by atoms with Gasteiger partial charge in [-0.05, 0) is 65.1 Å². The first-order chi connectivity index (χ1) is 14.7. The molecule has 4 N–H and O–H groups in total. The fourth-order valence-electron chi connectivity index (χ4n) is 4.31. The van der Waals surface area contributed by atoms with Crippen LogP contribution < -0.4 is 15.2 Å². The van der Waals surface area contributed by atoms with Crippen LogP contribution in [0.3, 0.4) is 0 Å². The van der Waals surface area contributed by atoms with E-state index >= 15 is 0 Å². The van der Waals surface area contributed by atoms with Gasteiger partial charge in [0, 0.05) is 16.6 Å². The highest BCUT2D eigenvalue weighted by Gasteiger charge is 2.36. The number of nitrogens with two attached hydrogens (primary N) is 1. The number of halogens is 1. The molecule has 0 fully saturated rings. The van der Waals surface area contributed by atoms with Crippen molar-refractivity contribution in [3.63, 3.8) is 0 Å². The molecule has 0 radical (unpaired) electrons.